The molecule has 0 spiro atoms. The fourth-order valence-corrected chi connectivity index (χ4v) is 4.44. The van der Waals surface area contributed by atoms with E-state index >= 15 is 0 Å². The maximum absolute atomic E-state index is 13.0. The zero-order chi connectivity index (χ0) is 14.8. The van der Waals surface area contributed by atoms with Crippen LogP contribution in [0.15, 0.2) is 18.3 Å². The van der Waals surface area contributed by atoms with Gasteiger partial charge < -0.3 is 14.8 Å². The van der Waals surface area contributed by atoms with Crippen molar-refractivity contribution >= 4 is 17.7 Å². The number of nitrogens with zero attached hydrogens (tertiary/aromatic N) is 2. The van der Waals surface area contributed by atoms with E-state index < -0.39 is 0 Å². The molecular weight excluding hydrogens is 282 g/mol. The van der Waals surface area contributed by atoms with Crippen molar-refractivity contribution in [2.45, 2.75) is 44.0 Å². The third kappa shape index (κ3) is 2.99. The van der Waals surface area contributed by atoms with Crippen LogP contribution in [-0.2, 0) is 0 Å². The normalized spacial score (nSPS) is 27.8. The smallest absolute Gasteiger partial charge is 0.270 e. The molecule has 0 bridgehead atoms. The third-order valence-electron chi connectivity index (χ3n) is 4.84. The van der Waals surface area contributed by atoms with E-state index in [2.05, 4.69) is 34.8 Å². The fraction of sp³-hybridized carbons (Fsp3) is 0.688. The Morgan fingerprint density at radius 1 is 1.33 bits per heavy atom. The molecule has 1 amide bonds. The second-order valence-corrected chi connectivity index (χ2v) is 7.58. The summed E-state index contributed by atoms with van der Waals surface area (Å²) in [5.41, 5.74) is 0.868. The first-order valence-corrected chi connectivity index (χ1v) is 9.03. The predicted octanol–water partition coefficient (Wildman–Crippen LogP) is 2.38. The minimum Gasteiger partial charge on any atom is -0.340 e. The van der Waals surface area contributed by atoms with Gasteiger partial charge in [-0.25, -0.2) is 0 Å². The standard InChI is InChI=1S/C16H25N3OS/c1-12-13(2)21-11-10-18(12)16(20)15-4-3-9-19(15)14-5-7-17-8-6-14/h3-4,9,12-14,17H,5-8,10-11H2,1-2H3. The minimum absolute atomic E-state index is 0.207. The van der Waals surface area contributed by atoms with Crippen LogP contribution in [0.2, 0.25) is 0 Å². The number of hydrogen-bond donors (Lipinski definition) is 1. The summed E-state index contributed by atoms with van der Waals surface area (Å²) >= 11 is 1.97. The summed E-state index contributed by atoms with van der Waals surface area (Å²) in [4.78, 5) is 15.0. The van der Waals surface area contributed by atoms with Gasteiger partial charge in [0.1, 0.15) is 5.69 Å². The van der Waals surface area contributed by atoms with E-state index in [9.17, 15) is 4.79 Å². The lowest BCUT2D eigenvalue weighted by Gasteiger charge is -2.38. The Balaban J connectivity index is 1.80. The number of piperidine rings is 1. The topological polar surface area (TPSA) is 37.3 Å². The molecule has 1 aromatic heterocycles. The van der Waals surface area contributed by atoms with Gasteiger partial charge in [0.2, 0.25) is 0 Å². The van der Waals surface area contributed by atoms with Gasteiger partial charge in [-0.3, -0.25) is 4.79 Å². The Morgan fingerprint density at radius 2 is 2.10 bits per heavy atom. The fourth-order valence-electron chi connectivity index (χ4n) is 3.35. The summed E-state index contributed by atoms with van der Waals surface area (Å²) in [7, 11) is 0. The van der Waals surface area contributed by atoms with Crippen LogP contribution in [0.3, 0.4) is 0 Å². The van der Waals surface area contributed by atoms with Crippen LogP contribution in [0, 0.1) is 0 Å². The van der Waals surface area contributed by atoms with Crippen molar-refractivity contribution in [1.29, 1.82) is 0 Å². The maximum Gasteiger partial charge on any atom is 0.270 e. The molecule has 1 N–H and O–H groups in total. The Morgan fingerprint density at radius 3 is 2.86 bits per heavy atom. The number of rotatable bonds is 2. The van der Waals surface area contributed by atoms with Gasteiger partial charge in [0.25, 0.3) is 5.91 Å². The molecule has 0 radical (unpaired) electrons. The van der Waals surface area contributed by atoms with Crippen LogP contribution in [0.25, 0.3) is 0 Å². The molecule has 1 aromatic rings. The lowest BCUT2D eigenvalue weighted by Crippen LogP contribution is -2.48. The molecule has 2 aliphatic rings. The van der Waals surface area contributed by atoms with Gasteiger partial charge in [-0.2, -0.15) is 11.8 Å². The molecule has 0 aliphatic carbocycles. The summed E-state index contributed by atoms with van der Waals surface area (Å²) in [5, 5.41) is 3.91. The average Bonchev–Trinajstić information content (AvgIpc) is 3.00. The lowest BCUT2D eigenvalue weighted by atomic mass is 10.1. The first kappa shape index (κ1) is 15.0. The second kappa shape index (κ2) is 6.44. The van der Waals surface area contributed by atoms with Crippen molar-refractivity contribution in [3.63, 3.8) is 0 Å². The number of carbonyl (C=O) groups is 1. The second-order valence-electron chi connectivity index (χ2n) is 6.10. The van der Waals surface area contributed by atoms with E-state index in [0.29, 0.717) is 17.3 Å². The highest BCUT2D eigenvalue weighted by molar-refractivity contribution is 8.00. The van der Waals surface area contributed by atoms with E-state index in [0.717, 1.165) is 43.9 Å². The van der Waals surface area contributed by atoms with Crippen molar-refractivity contribution in [1.82, 2.24) is 14.8 Å². The lowest BCUT2D eigenvalue weighted by molar-refractivity contribution is 0.0683. The van der Waals surface area contributed by atoms with Gasteiger partial charge in [0, 0.05) is 35.8 Å². The van der Waals surface area contributed by atoms with E-state index in [1.54, 1.807) is 0 Å². The molecule has 3 rings (SSSR count). The number of carbonyl (C=O) groups excluding carboxylic acids is 1. The third-order valence-corrected chi connectivity index (χ3v) is 6.18. The van der Waals surface area contributed by atoms with Crippen LogP contribution >= 0.6 is 11.8 Å². The zero-order valence-electron chi connectivity index (χ0n) is 12.9. The molecule has 2 fully saturated rings. The summed E-state index contributed by atoms with van der Waals surface area (Å²) in [5.74, 6) is 1.25. The molecule has 4 nitrogen and oxygen atoms in total. The molecule has 0 aromatic carbocycles. The monoisotopic (exact) mass is 307 g/mol. The van der Waals surface area contributed by atoms with Gasteiger partial charge in [0.15, 0.2) is 0 Å². The van der Waals surface area contributed by atoms with E-state index in [1.807, 2.05) is 23.9 Å². The molecule has 2 atom stereocenters. The number of thioether (sulfide) groups is 1. The largest absolute Gasteiger partial charge is 0.340 e. The Labute approximate surface area is 131 Å². The summed E-state index contributed by atoms with van der Waals surface area (Å²) < 4.78 is 2.21. The van der Waals surface area contributed by atoms with Crippen molar-refractivity contribution in [3.8, 4) is 0 Å². The van der Waals surface area contributed by atoms with E-state index in [1.165, 1.54) is 0 Å². The molecule has 2 unspecified atom stereocenters. The summed E-state index contributed by atoms with van der Waals surface area (Å²) in [6.07, 6.45) is 4.30. The van der Waals surface area contributed by atoms with Crippen molar-refractivity contribution in [2.24, 2.45) is 0 Å². The first-order valence-electron chi connectivity index (χ1n) is 7.98. The first-order chi connectivity index (χ1) is 10.2. The van der Waals surface area contributed by atoms with Gasteiger partial charge in [-0.05, 0) is 45.0 Å². The zero-order valence-corrected chi connectivity index (χ0v) is 13.7. The quantitative estimate of drug-likeness (QED) is 0.911. The molecule has 116 valence electrons. The summed E-state index contributed by atoms with van der Waals surface area (Å²) in [6, 6.07) is 4.78. The molecule has 2 saturated heterocycles. The highest BCUT2D eigenvalue weighted by atomic mass is 32.2. The summed E-state index contributed by atoms with van der Waals surface area (Å²) in [6.45, 7) is 7.36. The van der Waals surface area contributed by atoms with Crippen LogP contribution < -0.4 is 5.32 Å². The number of hydrogen-bond acceptors (Lipinski definition) is 3. The molecule has 0 saturated carbocycles. The minimum atomic E-state index is 0.207. The Kier molecular flexibility index (Phi) is 4.60. The van der Waals surface area contributed by atoms with Gasteiger partial charge in [-0.15, -0.1) is 0 Å². The van der Waals surface area contributed by atoms with Crippen molar-refractivity contribution in [3.05, 3.63) is 24.0 Å². The average molecular weight is 307 g/mol. The van der Waals surface area contributed by atoms with Gasteiger partial charge in [-0.1, -0.05) is 6.92 Å². The van der Waals surface area contributed by atoms with Crippen LogP contribution in [-0.4, -0.2) is 52.1 Å². The van der Waals surface area contributed by atoms with Crippen LogP contribution in [0.4, 0.5) is 0 Å². The van der Waals surface area contributed by atoms with Crippen molar-refractivity contribution < 1.29 is 4.79 Å². The van der Waals surface area contributed by atoms with Gasteiger partial charge in [0.05, 0.1) is 0 Å². The Hall–Kier alpha value is -0.940. The van der Waals surface area contributed by atoms with E-state index in [-0.39, 0.29) is 5.91 Å². The molecule has 21 heavy (non-hydrogen) atoms. The molecule has 2 aliphatic heterocycles. The highest BCUT2D eigenvalue weighted by Gasteiger charge is 2.31. The maximum atomic E-state index is 13.0. The van der Waals surface area contributed by atoms with Gasteiger partial charge >= 0.3 is 0 Å². The number of aromatic nitrogens is 1. The number of nitrogens with one attached hydrogen (secondary N) is 1. The SMILES string of the molecule is CC1SCCN(C(=O)c2cccn2C2CCNCC2)C1C. The molecule has 3 heterocycles. The number of amides is 1. The van der Waals surface area contributed by atoms with E-state index in [4.69, 9.17) is 0 Å². The Bertz CT molecular complexity index is 495. The predicted molar refractivity (Wildman–Crippen MR) is 88.0 cm³/mol. The van der Waals surface area contributed by atoms with Crippen molar-refractivity contribution in [2.75, 3.05) is 25.4 Å². The van der Waals surface area contributed by atoms with Crippen LogP contribution in [0.1, 0.15) is 43.2 Å². The molecular formula is C16H25N3OS. The van der Waals surface area contributed by atoms with Crippen LogP contribution in [0.5, 0.6) is 0 Å². The molecule has 5 heteroatoms. The highest BCUT2D eigenvalue weighted by Crippen LogP contribution is 2.27.